The van der Waals surface area contributed by atoms with Crippen molar-refractivity contribution >= 4 is 5.91 Å². The molecule has 0 aliphatic carbocycles. The summed E-state index contributed by atoms with van der Waals surface area (Å²) in [4.78, 5) is 13.6. The third-order valence-electron chi connectivity index (χ3n) is 2.71. The molecule has 0 radical (unpaired) electrons. The lowest BCUT2D eigenvalue weighted by atomic mass is 10.1. The molecule has 0 spiro atoms. The number of hydrogen-bond donors (Lipinski definition) is 0. The summed E-state index contributed by atoms with van der Waals surface area (Å²) in [5.41, 5.74) is 0.504. The van der Waals surface area contributed by atoms with Crippen LogP contribution in [0.1, 0.15) is 27.5 Å². The second kappa shape index (κ2) is 5.10. The molecular formula is C13H16FNO. The zero-order valence-electron chi connectivity index (χ0n) is 11.0. The lowest BCUT2D eigenvalue weighted by Gasteiger charge is -2.14. The monoisotopic (exact) mass is 223 g/mol. The third-order valence-corrected chi connectivity index (χ3v) is 2.71. The van der Waals surface area contributed by atoms with Gasteiger partial charge in [-0.3, -0.25) is 4.79 Å². The van der Waals surface area contributed by atoms with Gasteiger partial charge >= 0.3 is 0 Å². The summed E-state index contributed by atoms with van der Waals surface area (Å²) in [6.07, 6.45) is -0.151. The average molecular weight is 223 g/mol. The first kappa shape index (κ1) is 8.74. The molecule has 1 aliphatic rings. The summed E-state index contributed by atoms with van der Waals surface area (Å²) >= 11 is 0. The van der Waals surface area contributed by atoms with Gasteiger partial charge in [-0.15, -0.1) is 0 Å². The zero-order valence-corrected chi connectivity index (χ0v) is 9.03. The standard InChI is InChI=1S/C13H16FNO/c14-12-6-3-11(4-7-12)5-8-13(16)15-9-1-2-10-15/h3-4,6-7H,1-2,5,8-10H2/i5D,8D. The quantitative estimate of drug-likeness (QED) is 0.770. The van der Waals surface area contributed by atoms with Gasteiger partial charge in [0.05, 0.1) is 0 Å². The first-order valence-electron chi connectivity index (χ1n) is 6.64. The van der Waals surface area contributed by atoms with Gasteiger partial charge in [-0.05, 0) is 36.9 Å². The van der Waals surface area contributed by atoms with E-state index < -0.39 is 12.8 Å². The van der Waals surface area contributed by atoms with Crippen LogP contribution in [0.2, 0.25) is 0 Å². The summed E-state index contributed by atoms with van der Waals surface area (Å²) in [5, 5.41) is 0. The van der Waals surface area contributed by atoms with Crippen molar-refractivity contribution in [2.24, 2.45) is 0 Å². The highest BCUT2D eigenvalue weighted by Crippen LogP contribution is 2.11. The van der Waals surface area contributed by atoms with Crippen LogP contribution in [0, 0.1) is 5.82 Å². The molecule has 1 amide bonds. The van der Waals surface area contributed by atoms with Crippen molar-refractivity contribution in [2.45, 2.75) is 25.6 Å². The van der Waals surface area contributed by atoms with Crippen molar-refractivity contribution in [1.82, 2.24) is 4.90 Å². The molecule has 16 heavy (non-hydrogen) atoms. The normalized spacial score (nSPS) is 21.2. The van der Waals surface area contributed by atoms with E-state index in [0.29, 0.717) is 18.7 Å². The molecule has 86 valence electrons. The Morgan fingerprint density at radius 1 is 1.31 bits per heavy atom. The lowest BCUT2D eigenvalue weighted by Crippen LogP contribution is -2.27. The van der Waals surface area contributed by atoms with Gasteiger partial charge in [0, 0.05) is 22.2 Å². The number of amides is 1. The van der Waals surface area contributed by atoms with Gasteiger partial charge in [-0.2, -0.15) is 0 Å². The van der Waals surface area contributed by atoms with Crippen LogP contribution in [0.5, 0.6) is 0 Å². The van der Waals surface area contributed by atoms with Gasteiger partial charge in [-0.25, -0.2) is 4.39 Å². The van der Waals surface area contributed by atoms with E-state index in [1.54, 1.807) is 4.90 Å². The molecule has 2 rings (SSSR count). The first-order chi connectivity index (χ1) is 8.59. The van der Waals surface area contributed by atoms with E-state index in [1.807, 2.05) is 0 Å². The molecule has 1 aromatic rings. The summed E-state index contributed by atoms with van der Waals surface area (Å²) in [6.45, 7) is 1.37. The maximum absolute atomic E-state index is 12.8. The number of aryl methyl sites for hydroxylation is 1. The Hall–Kier alpha value is -1.38. The average Bonchev–Trinajstić information content (AvgIpc) is 2.91. The lowest BCUT2D eigenvalue weighted by molar-refractivity contribution is -0.130. The van der Waals surface area contributed by atoms with E-state index in [9.17, 15) is 9.18 Å². The smallest absolute Gasteiger partial charge is 0.222 e. The number of carbonyl (C=O) groups is 1. The van der Waals surface area contributed by atoms with Crippen molar-refractivity contribution in [3.8, 4) is 0 Å². The van der Waals surface area contributed by atoms with Gasteiger partial charge in [0.15, 0.2) is 0 Å². The van der Waals surface area contributed by atoms with Crippen molar-refractivity contribution < 1.29 is 11.9 Å². The van der Waals surface area contributed by atoms with Crippen LogP contribution < -0.4 is 0 Å². The summed E-state index contributed by atoms with van der Waals surface area (Å²) in [7, 11) is 0. The highest BCUT2D eigenvalue weighted by atomic mass is 19.1. The molecule has 2 nitrogen and oxygen atoms in total. The van der Waals surface area contributed by atoms with E-state index in [2.05, 4.69) is 0 Å². The molecule has 1 heterocycles. The maximum atomic E-state index is 12.8. The molecule has 1 aromatic carbocycles. The molecule has 0 bridgehead atoms. The first-order valence-corrected chi connectivity index (χ1v) is 5.48. The Kier molecular flexibility index (Phi) is 2.79. The topological polar surface area (TPSA) is 20.3 Å². The Labute approximate surface area is 97.9 Å². The molecule has 2 atom stereocenters. The third kappa shape index (κ3) is 2.81. The van der Waals surface area contributed by atoms with E-state index in [-0.39, 0.29) is 11.7 Å². The number of benzene rings is 1. The highest BCUT2D eigenvalue weighted by molar-refractivity contribution is 5.76. The Morgan fingerprint density at radius 2 is 1.94 bits per heavy atom. The predicted octanol–water partition coefficient (Wildman–Crippen LogP) is 2.38. The van der Waals surface area contributed by atoms with Crippen LogP contribution in [0.4, 0.5) is 4.39 Å². The molecule has 0 aromatic heterocycles. The molecule has 0 saturated carbocycles. The van der Waals surface area contributed by atoms with Crippen LogP contribution in [-0.4, -0.2) is 23.9 Å². The molecule has 0 N–H and O–H groups in total. The highest BCUT2D eigenvalue weighted by Gasteiger charge is 2.17. The molecular weight excluding hydrogens is 205 g/mol. The number of hydrogen-bond acceptors (Lipinski definition) is 1. The fraction of sp³-hybridized carbons (Fsp3) is 0.462. The van der Waals surface area contributed by atoms with Crippen molar-refractivity contribution in [2.75, 3.05) is 13.1 Å². The number of rotatable bonds is 3. The van der Waals surface area contributed by atoms with Gasteiger partial charge in [0.1, 0.15) is 5.82 Å². The van der Waals surface area contributed by atoms with Crippen LogP contribution in [0.3, 0.4) is 0 Å². The van der Waals surface area contributed by atoms with Crippen LogP contribution >= 0.6 is 0 Å². The fourth-order valence-electron chi connectivity index (χ4n) is 1.78. The number of carbonyl (C=O) groups excluding carboxylic acids is 1. The Morgan fingerprint density at radius 3 is 2.56 bits per heavy atom. The molecule has 1 aliphatic heterocycles. The fourth-order valence-corrected chi connectivity index (χ4v) is 1.78. The van der Waals surface area contributed by atoms with Gasteiger partial charge < -0.3 is 4.90 Å². The number of halogens is 1. The Balaban J connectivity index is 2.05. The zero-order chi connectivity index (χ0) is 13.1. The second-order valence-electron chi connectivity index (χ2n) is 3.92. The van der Waals surface area contributed by atoms with Crippen molar-refractivity contribution in [3.05, 3.63) is 35.6 Å². The molecule has 1 fully saturated rings. The number of nitrogens with zero attached hydrogens (tertiary/aromatic N) is 1. The van der Waals surface area contributed by atoms with E-state index in [4.69, 9.17) is 2.74 Å². The largest absolute Gasteiger partial charge is 0.343 e. The van der Waals surface area contributed by atoms with Crippen LogP contribution in [0.25, 0.3) is 0 Å². The van der Waals surface area contributed by atoms with Gasteiger partial charge in [0.2, 0.25) is 5.91 Å². The molecule has 3 heteroatoms. The van der Waals surface area contributed by atoms with Crippen LogP contribution in [-0.2, 0) is 11.2 Å². The molecule has 2 unspecified atom stereocenters. The van der Waals surface area contributed by atoms with E-state index >= 15 is 0 Å². The summed E-state index contributed by atoms with van der Waals surface area (Å²) in [5.74, 6) is -0.671. The van der Waals surface area contributed by atoms with Gasteiger partial charge in [-0.1, -0.05) is 12.1 Å². The molecule has 1 saturated heterocycles. The van der Waals surface area contributed by atoms with E-state index in [1.165, 1.54) is 24.3 Å². The predicted molar refractivity (Wildman–Crippen MR) is 60.5 cm³/mol. The van der Waals surface area contributed by atoms with E-state index in [0.717, 1.165) is 12.8 Å². The summed E-state index contributed by atoms with van der Waals surface area (Å²) < 4.78 is 28.6. The second-order valence-corrected chi connectivity index (χ2v) is 3.92. The summed E-state index contributed by atoms with van der Waals surface area (Å²) in [6, 6.07) is 5.44. The van der Waals surface area contributed by atoms with Crippen molar-refractivity contribution in [3.63, 3.8) is 0 Å². The van der Waals surface area contributed by atoms with Crippen molar-refractivity contribution in [1.29, 1.82) is 0 Å². The number of likely N-dealkylation sites (tertiary alicyclic amines) is 1. The Bertz CT molecular complexity index is 418. The van der Waals surface area contributed by atoms with Crippen LogP contribution in [0.15, 0.2) is 24.3 Å². The minimum atomic E-state index is -1.13. The SMILES string of the molecule is [2H]C(C(=O)N1CCCC1)C([2H])c1ccc(F)cc1. The minimum Gasteiger partial charge on any atom is -0.343 e. The van der Waals surface area contributed by atoms with Gasteiger partial charge in [0.25, 0.3) is 0 Å². The minimum absolute atomic E-state index is 0.295. The maximum Gasteiger partial charge on any atom is 0.222 e.